The number of aromatic hydroxyl groups is 1. The number of anilines is 1. The van der Waals surface area contributed by atoms with Crippen LogP contribution in [0.25, 0.3) is 0 Å². The van der Waals surface area contributed by atoms with Gasteiger partial charge in [-0.1, -0.05) is 0 Å². The first-order valence-electron chi connectivity index (χ1n) is 7.09. The smallest absolute Gasteiger partial charge is 0.244 e. The van der Waals surface area contributed by atoms with Gasteiger partial charge >= 0.3 is 0 Å². The largest absolute Gasteiger partial charge is 0.506 e. The summed E-state index contributed by atoms with van der Waals surface area (Å²) in [4.78, 5) is 14.7. The molecule has 0 atom stereocenters. The van der Waals surface area contributed by atoms with Crippen molar-refractivity contribution in [2.45, 2.75) is 19.4 Å². The number of nitrogens with zero attached hydrogens (tertiary/aromatic N) is 1. The number of amides is 1. The lowest BCUT2D eigenvalue weighted by Gasteiger charge is -2.39. The summed E-state index contributed by atoms with van der Waals surface area (Å²) in [7, 11) is 1.54. The van der Waals surface area contributed by atoms with E-state index in [9.17, 15) is 9.90 Å². The van der Waals surface area contributed by atoms with E-state index in [-0.39, 0.29) is 11.7 Å². The molecular formula is C15H23N3O3. The summed E-state index contributed by atoms with van der Waals surface area (Å²) in [5.74, 6) is 0.469. The lowest BCUT2D eigenvalue weighted by molar-refractivity contribution is -0.126. The Labute approximate surface area is 125 Å². The van der Waals surface area contributed by atoms with E-state index in [1.54, 1.807) is 19.2 Å². The van der Waals surface area contributed by atoms with Crippen LogP contribution in [0.5, 0.6) is 11.5 Å². The van der Waals surface area contributed by atoms with Crippen molar-refractivity contribution in [1.29, 1.82) is 0 Å². The quantitative estimate of drug-likeness (QED) is 0.723. The zero-order valence-corrected chi connectivity index (χ0v) is 12.8. The normalized spacial score (nSPS) is 16.5. The summed E-state index contributed by atoms with van der Waals surface area (Å²) in [6.45, 7) is 7.19. The minimum Gasteiger partial charge on any atom is -0.506 e. The molecular weight excluding hydrogens is 270 g/mol. The molecule has 3 N–H and O–H groups in total. The predicted octanol–water partition coefficient (Wildman–Crippen LogP) is 1.02. The number of methoxy groups -OCH3 is 1. The maximum absolute atomic E-state index is 12.6. The number of carbonyl (C=O) groups is 1. The van der Waals surface area contributed by atoms with Crippen LogP contribution in [-0.4, -0.2) is 54.7 Å². The molecule has 0 aliphatic carbocycles. The van der Waals surface area contributed by atoms with Crippen molar-refractivity contribution in [3.05, 3.63) is 18.2 Å². The Bertz CT molecular complexity index is 511. The second-order valence-corrected chi connectivity index (χ2v) is 5.63. The van der Waals surface area contributed by atoms with Gasteiger partial charge in [0.15, 0.2) is 0 Å². The number of piperazine rings is 1. The van der Waals surface area contributed by atoms with E-state index < -0.39 is 5.54 Å². The zero-order chi connectivity index (χ0) is 15.5. The lowest BCUT2D eigenvalue weighted by atomic mass is 10.00. The summed E-state index contributed by atoms with van der Waals surface area (Å²) in [6.07, 6.45) is 0. The first-order chi connectivity index (χ1) is 9.95. The molecule has 116 valence electrons. The highest BCUT2D eigenvalue weighted by atomic mass is 16.5. The first-order valence-corrected chi connectivity index (χ1v) is 7.09. The van der Waals surface area contributed by atoms with Gasteiger partial charge in [-0.15, -0.1) is 0 Å². The van der Waals surface area contributed by atoms with Crippen LogP contribution in [0.4, 0.5) is 5.69 Å². The molecule has 1 saturated heterocycles. The minimum atomic E-state index is -0.641. The third-order valence-electron chi connectivity index (χ3n) is 3.92. The second-order valence-electron chi connectivity index (χ2n) is 5.63. The maximum atomic E-state index is 12.6. The molecule has 6 nitrogen and oxygen atoms in total. The number of hydrogen-bond acceptors (Lipinski definition) is 5. The Kier molecular flexibility index (Phi) is 4.69. The highest BCUT2D eigenvalue weighted by molar-refractivity contribution is 5.98. The average molecular weight is 293 g/mol. The molecule has 1 heterocycles. The molecule has 0 saturated carbocycles. The van der Waals surface area contributed by atoms with Gasteiger partial charge in [-0.25, -0.2) is 0 Å². The molecule has 0 spiro atoms. The van der Waals surface area contributed by atoms with E-state index in [0.717, 1.165) is 26.2 Å². The van der Waals surface area contributed by atoms with Crippen LogP contribution < -0.4 is 15.4 Å². The van der Waals surface area contributed by atoms with Gasteiger partial charge in [0.1, 0.15) is 11.5 Å². The fourth-order valence-corrected chi connectivity index (χ4v) is 2.38. The summed E-state index contributed by atoms with van der Waals surface area (Å²) in [5, 5.41) is 15.9. The van der Waals surface area contributed by atoms with Gasteiger partial charge in [0, 0.05) is 32.2 Å². The van der Waals surface area contributed by atoms with Gasteiger partial charge in [0.05, 0.1) is 18.3 Å². The number of nitrogens with one attached hydrogen (secondary N) is 2. The van der Waals surface area contributed by atoms with Crippen molar-refractivity contribution >= 4 is 11.6 Å². The molecule has 1 aliphatic rings. The van der Waals surface area contributed by atoms with E-state index in [0.29, 0.717) is 11.4 Å². The van der Waals surface area contributed by atoms with Crippen molar-refractivity contribution in [3.63, 3.8) is 0 Å². The average Bonchev–Trinajstić information content (AvgIpc) is 2.50. The Morgan fingerprint density at radius 3 is 2.67 bits per heavy atom. The van der Waals surface area contributed by atoms with Crippen LogP contribution in [0.15, 0.2) is 18.2 Å². The van der Waals surface area contributed by atoms with Crippen molar-refractivity contribution in [3.8, 4) is 11.5 Å². The summed E-state index contributed by atoms with van der Waals surface area (Å²) in [5.41, 5.74) is -0.278. The van der Waals surface area contributed by atoms with Crippen LogP contribution in [0.3, 0.4) is 0 Å². The van der Waals surface area contributed by atoms with E-state index in [1.807, 2.05) is 13.8 Å². The molecule has 0 bridgehead atoms. The molecule has 1 aromatic carbocycles. The van der Waals surface area contributed by atoms with E-state index in [1.165, 1.54) is 6.07 Å². The standard InChI is InChI=1S/C15H23N3O3/c1-15(2,18-8-6-16-7-9-18)14(20)17-12-10-11(21-3)4-5-13(12)19/h4-5,10,16,19H,6-9H2,1-3H3,(H,17,20). The van der Waals surface area contributed by atoms with Gasteiger partial charge in [0.2, 0.25) is 5.91 Å². The fraction of sp³-hybridized carbons (Fsp3) is 0.533. The van der Waals surface area contributed by atoms with Crippen LogP contribution in [0, 0.1) is 0 Å². The number of hydrogen-bond donors (Lipinski definition) is 3. The summed E-state index contributed by atoms with van der Waals surface area (Å²) in [6, 6.07) is 4.76. The van der Waals surface area contributed by atoms with Crippen LogP contribution in [0.1, 0.15) is 13.8 Å². The maximum Gasteiger partial charge on any atom is 0.244 e. The molecule has 1 amide bonds. The van der Waals surface area contributed by atoms with Crippen LogP contribution >= 0.6 is 0 Å². The second kappa shape index (κ2) is 6.32. The topological polar surface area (TPSA) is 73.8 Å². The number of rotatable bonds is 4. The van der Waals surface area contributed by atoms with Crippen molar-refractivity contribution in [1.82, 2.24) is 10.2 Å². The molecule has 1 aromatic rings. The molecule has 0 aromatic heterocycles. The molecule has 1 aliphatic heterocycles. The van der Waals surface area contributed by atoms with Crippen LogP contribution in [0.2, 0.25) is 0 Å². The minimum absolute atomic E-state index is 0.0280. The lowest BCUT2D eigenvalue weighted by Crippen LogP contribution is -2.58. The van der Waals surface area contributed by atoms with E-state index in [2.05, 4.69) is 15.5 Å². The third-order valence-corrected chi connectivity index (χ3v) is 3.92. The Morgan fingerprint density at radius 2 is 2.05 bits per heavy atom. The number of phenolic OH excluding ortho intramolecular Hbond substituents is 1. The SMILES string of the molecule is COc1ccc(O)c(NC(=O)C(C)(C)N2CCNCC2)c1. The Hall–Kier alpha value is -1.79. The molecule has 21 heavy (non-hydrogen) atoms. The molecule has 2 rings (SSSR count). The Morgan fingerprint density at radius 1 is 1.38 bits per heavy atom. The van der Waals surface area contributed by atoms with Gasteiger partial charge in [0.25, 0.3) is 0 Å². The highest BCUT2D eigenvalue weighted by Crippen LogP contribution is 2.29. The zero-order valence-electron chi connectivity index (χ0n) is 12.8. The summed E-state index contributed by atoms with van der Waals surface area (Å²) < 4.78 is 5.11. The van der Waals surface area contributed by atoms with Gasteiger partial charge in [-0.2, -0.15) is 0 Å². The molecule has 0 radical (unpaired) electrons. The number of ether oxygens (including phenoxy) is 1. The number of carbonyl (C=O) groups excluding carboxylic acids is 1. The van der Waals surface area contributed by atoms with Gasteiger partial charge in [-0.05, 0) is 26.0 Å². The highest BCUT2D eigenvalue weighted by Gasteiger charge is 2.35. The van der Waals surface area contributed by atoms with Crippen molar-refractivity contribution in [2.75, 3.05) is 38.6 Å². The first kappa shape index (κ1) is 15.6. The van der Waals surface area contributed by atoms with Crippen molar-refractivity contribution < 1.29 is 14.6 Å². The predicted molar refractivity (Wildman–Crippen MR) is 81.8 cm³/mol. The molecule has 0 unspecified atom stereocenters. The number of benzene rings is 1. The van der Waals surface area contributed by atoms with Gasteiger partial charge in [-0.3, -0.25) is 9.69 Å². The van der Waals surface area contributed by atoms with Gasteiger partial charge < -0.3 is 20.5 Å². The number of phenols is 1. The van der Waals surface area contributed by atoms with Crippen molar-refractivity contribution in [2.24, 2.45) is 0 Å². The third kappa shape index (κ3) is 3.46. The van der Waals surface area contributed by atoms with E-state index in [4.69, 9.17) is 4.74 Å². The monoisotopic (exact) mass is 293 g/mol. The molecule has 6 heteroatoms. The molecule has 1 fully saturated rings. The Balaban J connectivity index is 2.12. The van der Waals surface area contributed by atoms with Crippen LogP contribution in [-0.2, 0) is 4.79 Å². The fourth-order valence-electron chi connectivity index (χ4n) is 2.38. The summed E-state index contributed by atoms with van der Waals surface area (Å²) >= 11 is 0. The van der Waals surface area contributed by atoms with E-state index >= 15 is 0 Å².